The summed E-state index contributed by atoms with van der Waals surface area (Å²) in [5, 5.41) is 9.38. The van der Waals surface area contributed by atoms with E-state index in [9.17, 15) is 9.59 Å². The third-order valence-corrected chi connectivity index (χ3v) is 6.00. The fourth-order valence-electron chi connectivity index (χ4n) is 3.77. The summed E-state index contributed by atoms with van der Waals surface area (Å²) >= 11 is 1.56. The van der Waals surface area contributed by atoms with Crippen molar-refractivity contribution in [3.05, 3.63) is 48.2 Å². The van der Waals surface area contributed by atoms with Crippen LogP contribution >= 0.6 is 11.8 Å². The third-order valence-electron chi connectivity index (χ3n) is 5.00. The molecule has 2 aliphatic rings. The molecule has 0 aliphatic carbocycles. The van der Waals surface area contributed by atoms with Gasteiger partial charge in [0.25, 0.3) is 5.91 Å². The van der Waals surface area contributed by atoms with E-state index in [0.717, 1.165) is 22.6 Å². The largest absolute Gasteiger partial charge is 0.348 e. The summed E-state index contributed by atoms with van der Waals surface area (Å²) in [6.07, 6.45) is 5.07. The maximum Gasteiger partial charge on any atom is 0.251 e. The second-order valence-corrected chi connectivity index (χ2v) is 8.19. The van der Waals surface area contributed by atoms with Crippen LogP contribution < -0.4 is 16.0 Å². The molecule has 2 saturated heterocycles. The van der Waals surface area contributed by atoms with Crippen molar-refractivity contribution in [2.75, 3.05) is 5.32 Å². The van der Waals surface area contributed by atoms with E-state index in [2.05, 4.69) is 20.9 Å². The summed E-state index contributed by atoms with van der Waals surface area (Å²) in [5.41, 5.74) is 0.677. The summed E-state index contributed by atoms with van der Waals surface area (Å²) in [4.78, 5) is 29.8. The first-order valence-electron chi connectivity index (χ1n) is 9.15. The summed E-state index contributed by atoms with van der Waals surface area (Å²) in [5.74, 6) is 0.372. The first kappa shape index (κ1) is 18.0. The Balaban J connectivity index is 1.37. The molecule has 2 fully saturated rings. The molecule has 3 heterocycles. The summed E-state index contributed by atoms with van der Waals surface area (Å²) in [6.45, 7) is 1.46. The molecule has 6 nitrogen and oxygen atoms in total. The molecule has 3 atom stereocenters. The van der Waals surface area contributed by atoms with Crippen molar-refractivity contribution < 1.29 is 9.59 Å². The van der Waals surface area contributed by atoms with Crippen molar-refractivity contribution in [3.8, 4) is 0 Å². The minimum absolute atomic E-state index is 0.0113. The van der Waals surface area contributed by atoms with Crippen LogP contribution in [0.15, 0.2) is 52.4 Å². The molecule has 0 spiro atoms. The lowest BCUT2D eigenvalue weighted by Gasteiger charge is -2.21. The van der Waals surface area contributed by atoms with Crippen molar-refractivity contribution in [1.29, 1.82) is 0 Å². The van der Waals surface area contributed by atoms with Crippen LogP contribution in [0, 0.1) is 0 Å². The summed E-state index contributed by atoms with van der Waals surface area (Å²) in [6, 6.07) is 12.6. The molecular formula is C20H22N4O2S. The van der Waals surface area contributed by atoms with Crippen LogP contribution in [0.5, 0.6) is 0 Å². The Morgan fingerprint density at radius 2 is 1.96 bits per heavy atom. The number of nitrogens with zero attached hydrogens (tertiary/aromatic N) is 1. The maximum atomic E-state index is 12.5. The molecule has 3 N–H and O–H groups in total. The van der Waals surface area contributed by atoms with Gasteiger partial charge in [0, 0.05) is 46.6 Å². The SMILES string of the molecule is CC(=O)Nc1cc(Sc2ccc(C(=O)NC3CC4CCC3N4)cc2)ccn1. The van der Waals surface area contributed by atoms with E-state index < -0.39 is 0 Å². The first-order chi connectivity index (χ1) is 13.1. The molecule has 3 unspecified atom stereocenters. The number of nitrogens with one attached hydrogen (secondary N) is 3. The van der Waals surface area contributed by atoms with Crippen molar-refractivity contribution in [3.63, 3.8) is 0 Å². The highest BCUT2D eigenvalue weighted by atomic mass is 32.2. The molecule has 0 saturated carbocycles. The normalized spacial score (nSPS) is 23.2. The molecule has 1 aromatic heterocycles. The van der Waals surface area contributed by atoms with Crippen LogP contribution in [0.1, 0.15) is 36.5 Å². The zero-order chi connectivity index (χ0) is 18.8. The second kappa shape index (κ2) is 7.70. The number of hydrogen-bond donors (Lipinski definition) is 3. The van der Waals surface area contributed by atoms with E-state index in [-0.39, 0.29) is 17.9 Å². The molecule has 27 heavy (non-hydrogen) atoms. The minimum atomic E-state index is -0.148. The van der Waals surface area contributed by atoms with Crippen molar-refractivity contribution in [2.45, 2.75) is 54.1 Å². The van der Waals surface area contributed by atoms with Gasteiger partial charge in [0.15, 0.2) is 0 Å². The van der Waals surface area contributed by atoms with Gasteiger partial charge in [0.2, 0.25) is 5.91 Å². The van der Waals surface area contributed by atoms with E-state index in [0.29, 0.717) is 23.5 Å². The van der Waals surface area contributed by atoms with E-state index in [1.165, 1.54) is 13.3 Å². The number of pyridine rings is 1. The molecular weight excluding hydrogens is 360 g/mol. The van der Waals surface area contributed by atoms with Gasteiger partial charge in [-0.05, 0) is 55.7 Å². The number of rotatable bonds is 5. The Kier molecular flexibility index (Phi) is 5.13. The number of carbonyl (C=O) groups excluding carboxylic acids is 2. The topological polar surface area (TPSA) is 83.1 Å². The Morgan fingerprint density at radius 1 is 1.15 bits per heavy atom. The van der Waals surface area contributed by atoms with Gasteiger partial charge in [-0.2, -0.15) is 0 Å². The number of benzene rings is 1. The number of fused-ring (bicyclic) bond motifs is 2. The van der Waals surface area contributed by atoms with E-state index in [4.69, 9.17) is 0 Å². The monoisotopic (exact) mass is 382 g/mol. The number of carbonyl (C=O) groups is 2. The molecule has 2 amide bonds. The molecule has 0 radical (unpaired) electrons. The first-order valence-corrected chi connectivity index (χ1v) is 9.97. The van der Waals surface area contributed by atoms with Gasteiger partial charge in [0.05, 0.1) is 0 Å². The fourth-order valence-corrected chi connectivity index (χ4v) is 4.61. The summed E-state index contributed by atoms with van der Waals surface area (Å²) in [7, 11) is 0. The van der Waals surface area contributed by atoms with Crippen molar-refractivity contribution >= 4 is 29.4 Å². The van der Waals surface area contributed by atoms with Crippen LogP contribution in [0.25, 0.3) is 0 Å². The van der Waals surface area contributed by atoms with Crippen LogP contribution in [-0.2, 0) is 4.79 Å². The smallest absolute Gasteiger partial charge is 0.251 e. The predicted octanol–water partition coefficient (Wildman–Crippen LogP) is 2.81. The third kappa shape index (κ3) is 4.31. The second-order valence-electron chi connectivity index (χ2n) is 7.05. The number of hydrogen-bond acceptors (Lipinski definition) is 5. The van der Waals surface area contributed by atoms with E-state index in [1.807, 2.05) is 36.4 Å². The zero-order valence-corrected chi connectivity index (χ0v) is 15.9. The van der Waals surface area contributed by atoms with Gasteiger partial charge in [-0.1, -0.05) is 11.8 Å². The Hall–Kier alpha value is -2.38. The lowest BCUT2D eigenvalue weighted by molar-refractivity contribution is -0.114. The quantitative estimate of drug-likeness (QED) is 0.741. The van der Waals surface area contributed by atoms with E-state index >= 15 is 0 Å². The average molecular weight is 382 g/mol. The van der Waals surface area contributed by atoms with Crippen LogP contribution in [-0.4, -0.2) is 34.9 Å². The predicted molar refractivity (Wildman–Crippen MR) is 105 cm³/mol. The fraction of sp³-hybridized carbons (Fsp3) is 0.350. The van der Waals surface area contributed by atoms with Crippen LogP contribution in [0.4, 0.5) is 5.82 Å². The van der Waals surface area contributed by atoms with Gasteiger partial charge in [-0.15, -0.1) is 0 Å². The van der Waals surface area contributed by atoms with Gasteiger partial charge in [0.1, 0.15) is 5.82 Å². The average Bonchev–Trinajstić information content (AvgIpc) is 3.25. The molecule has 1 aromatic carbocycles. The minimum Gasteiger partial charge on any atom is -0.348 e. The standard InChI is InChI=1S/C20H22N4O2S/c1-12(25)22-19-11-16(8-9-21-19)27-15-5-2-13(3-6-15)20(26)24-18-10-14-4-7-17(18)23-14/h2-3,5-6,8-9,11,14,17-18,23H,4,7,10H2,1H3,(H,24,26)(H,21,22,25). The van der Waals surface area contributed by atoms with Crippen LogP contribution in [0.2, 0.25) is 0 Å². The maximum absolute atomic E-state index is 12.5. The van der Waals surface area contributed by atoms with E-state index in [1.54, 1.807) is 18.0 Å². The van der Waals surface area contributed by atoms with Crippen LogP contribution in [0.3, 0.4) is 0 Å². The molecule has 2 bridgehead atoms. The number of amides is 2. The molecule has 2 aliphatic heterocycles. The molecule has 2 aromatic rings. The summed E-state index contributed by atoms with van der Waals surface area (Å²) < 4.78 is 0. The highest BCUT2D eigenvalue weighted by Gasteiger charge is 2.39. The number of anilines is 1. The lowest BCUT2D eigenvalue weighted by Crippen LogP contribution is -2.42. The molecule has 4 rings (SSSR count). The zero-order valence-electron chi connectivity index (χ0n) is 15.1. The molecule has 7 heteroatoms. The number of aromatic nitrogens is 1. The highest BCUT2D eigenvalue weighted by Crippen LogP contribution is 2.30. The Labute approximate surface area is 162 Å². The van der Waals surface area contributed by atoms with Gasteiger partial charge < -0.3 is 16.0 Å². The Bertz CT molecular complexity index is 855. The molecule has 140 valence electrons. The van der Waals surface area contributed by atoms with Gasteiger partial charge in [-0.3, -0.25) is 9.59 Å². The van der Waals surface area contributed by atoms with Gasteiger partial charge in [-0.25, -0.2) is 4.98 Å². The lowest BCUT2D eigenvalue weighted by atomic mass is 9.95. The van der Waals surface area contributed by atoms with Gasteiger partial charge >= 0.3 is 0 Å². The highest BCUT2D eigenvalue weighted by molar-refractivity contribution is 7.99. The Morgan fingerprint density at radius 3 is 2.63 bits per heavy atom. The van der Waals surface area contributed by atoms with Crippen molar-refractivity contribution in [1.82, 2.24) is 15.6 Å². The van der Waals surface area contributed by atoms with Crippen molar-refractivity contribution in [2.24, 2.45) is 0 Å².